The maximum absolute atomic E-state index is 12.8. The summed E-state index contributed by atoms with van der Waals surface area (Å²) < 4.78 is 27.1. The van der Waals surface area contributed by atoms with E-state index in [1.165, 1.54) is 4.31 Å². The molecule has 32 heavy (non-hydrogen) atoms. The van der Waals surface area contributed by atoms with E-state index in [9.17, 15) is 13.2 Å². The minimum atomic E-state index is -3.49. The number of benzene rings is 3. The molecule has 7 heteroatoms. The fourth-order valence-electron chi connectivity index (χ4n) is 3.90. The topological polar surface area (TPSA) is 92.5 Å². The fraction of sp³-hybridized carbons (Fsp3) is 0.240. The van der Waals surface area contributed by atoms with Crippen molar-refractivity contribution in [2.24, 2.45) is 0 Å². The number of piperidine rings is 1. The highest BCUT2D eigenvalue weighted by Crippen LogP contribution is 2.26. The lowest BCUT2D eigenvalue weighted by molar-refractivity contribution is 0.102. The molecule has 0 atom stereocenters. The van der Waals surface area contributed by atoms with E-state index in [0.717, 1.165) is 36.0 Å². The van der Waals surface area contributed by atoms with Crippen LogP contribution >= 0.6 is 0 Å². The molecule has 0 aromatic heterocycles. The summed E-state index contributed by atoms with van der Waals surface area (Å²) in [6.07, 6.45) is 2.85. The van der Waals surface area contributed by atoms with Gasteiger partial charge in [0, 0.05) is 30.0 Å². The van der Waals surface area contributed by atoms with Crippen LogP contribution in [0.15, 0.2) is 71.6 Å². The van der Waals surface area contributed by atoms with Crippen LogP contribution in [0.4, 0.5) is 11.4 Å². The van der Waals surface area contributed by atoms with E-state index in [1.807, 2.05) is 43.3 Å². The van der Waals surface area contributed by atoms with E-state index < -0.39 is 10.0 Å². The molecular weight excluding hydrogens is 422 g/mol. The van der Waals surface area contributed by atoms with E-state index in [4.69, 9.17) is 5.73 Å². The van der Waals surface area contributed by atoms with Crippen molar-refractivity contribution < 1.29 is 13.2 Å². The second kappa shape index (κ2) is 9.14. The van der Waals surface area contributed by atoms with Crippen LogP contribution in [0, 0.1) is 6.92 Å². The zero-order valence-electron chi connectivity index (χ0n) is 18.0. The third-order valence-corrected chi connectivity index (χ3v) is 7.70. The van der Waals surface area contributed by atoms with E-state index >= 15 is 0 Å². The summed E-state index contributed by atoms with van der Waals surface area (Å²) >= 11 is 0. The summed E-state index contributed by atoms with van der Waals surface area (Å²) in [5.74, 6) is -0.256. The summed E-state index contributed by atoms with van der Waals surface area (Å²) in [6, 6.07) is 19.4. The van der Waals surface area contributed by atoms with E-state index in [-0.39, 0.29) is 10.8 Å². The number of nitrogen functional groups attached to an aromatic ring is 1. The monoisotopic (exact) mass is 449 g/mol. The number of nitrogens with zero attached hydrogens (tertiary/aromatic N) is 1. The standard InChI is InChI=1S/C25H27N3O3S/c1-18-5-6-20(17-24(18)19-7-9-21(26)10-8-19)25(29)27-22-11-13-23(14-12-22)32(30,31)28-15-3-2-4-16-28/h5-14,17H,2-4,15-16,26H2,1H3,(H,27,29). The quantitative estimate of drug-likeness (QED) is 0.554. The van der Waals surface area contributed by atoms with Crippen LogP contribution in [0.5, 0.6) is 0 Å². The van der Waals surface area contributed by atoms with Gasteiger partial charge >= 0.3 is 0 Å². The van der Waals surface area contributed by atoms with Crippen molar-refractivity contribution in [1.82, 2.24) is 4.31 Å². The summed E-state index contributed by atoms with van der Waals surface area (Å²) in [7, 11) is -3.49. The number of nitrogens with one attached hydrogen (secondary N) is 1. The first kappa shape index (κ1) is 22.0. The molecule has 1 aliphatic rings. The van der Waals surface area contributed by atoms with Crippen LogP contribution < -0.4 is 11.1 Å². The first-order valence-corrected chi connectivity index (χ1v) is 12.2. The summed E-state index contributed by atoms with van der Waals surface area (Å²) in [6.45, 7) is 3.12. The first-order valence-electron chi connectivity index (χ1n) is 10.7. The maximum atomic E-state index is 12.8. The predicted molar refractivity (Wildman–Crippen MR) is 128 cm³/mol. The minimum absolute atomic E-state index is 0.248. The molecule has 1 saturated heterocycles. The molecule has 6 nitrogen and oxygen atoms in total. The van der Waals surface area contributed by atoms with Crippen molar-refractivity contribution in [2.45, 2.75) is 31.1 Å². The van der Waals surface area contributed by atoms with E-state index in [1.54, 1.807) is 30.3 Å². The number of hydrogen-bond acceptors (Lipinski definition) is 4. The number of amides is 1. The van der Waals surface area contributed by atoms with Gasteiger partial charge in [0.25, 0.3) is 5.91 Å². The smallest absolute Gasteiger partial charge is 0.255 e. The van der Waals surface area contributed by atoms with Gasteiger partial charge in [0.05, 0.1) is 4.90 Å². The predicted octanol–water partition coefficient (Wildman–Crippen LogP) is 4.67. The third kappa shape index (κ3) is 4.69. The highest BCUT2D eigenvalue weighted by Gasteiger charge is 2.25. The molecular formula is C25H27N3O3S. The van der Waals surface area contributed by atoms with Gasteiger partial charge < -0.3 is 11.1 Å². The molecule has 1 fully saturated rings. The molecule has 3 aromatic carbocycles. The number of nitrogens with two attached hydrogens (primary N) is 1. The molecule has 0 radical (unpaired) electrons. The van der Waals surface area contributed by atoms with Gasteiger partial charge in [0.15, 0.2) is 0 Å². The molecule has 1 amide bonds. The number of carbonyl (C=O) groups excluding carboxylic acids is 1. The van der Waals surface area contributed by atoms with Gasteiger partial charge in [-0.3, -0.25) is 4.79 Å². The Hall–Kier alpha value is -3.16. The van der Waals surface area contributed by atoms with Gasteiger partial charge in [-0.25, -0.2) is 8.42 Å². The Morgan fingerprint density at radius 1 is 0.906 bits per heavy atom. The second-order valence-electron chi connectivity index (χ2n) is 8.09. The van der Waals surface area contributed by atoms with Crippen LogP contribution in [0.3, 0.4) is 0 Å². The lowest BCUT2D eigenvalue weighted by atomic mass is 9.97. The Labute approximate surface area is 189 Å². The molecule has 4 rings (SSSR count). The molecule has 166 valence electrons. The van der Waals surface area contributed by atoms with E-state index in [0.29, 0.717) is 30.0 Å². The van der Waals surface area contributed by atoms with E-state index in [2.05, 4.69) is 5.32 Å². The van der Waals surface area contributed by atoms with Gasteiger partial charge in [-0.05, 0) is 85.0 Å². The Bertz CT molecular complexity index is 1210. The number of aryl methyl sites for hydroxylation is 1. The Balaban J connectivity index is 1.51. The van der Waals surface area contributed by atoms with Crippen molar-refractivity contribution in [2.75, 3.05) is 24.1 Å². The number of rotatable bonds is 5. The van der Waals surface area contributed by atoms with Crippen molar-refractivity contribution in [3.63, 3.8) is 0 Å². The molecule has 0 spiro atoms. The first-order chi connectivity index (χ1) is 15.3. The SMILES string of the molecule is Cc1ccc(C(=O)Nc2ccc(S(=O)(=O)N3CCCCC3)cc2)cc1-c1ccc(N)cc1. The van der Waals surface area contributed by atoms with Gasteiger partial charge in [-0.1, -0.05) is 24.6 Å². The second-order valence-corrected chi connectivity index (χ2v) is 10.0. The van der Waals surface area contributed by atoms with Crippen molar-refractivity contribution >= 4 is 27.3 Å². The van der Waals surface area contributed by atoms with Gasteiger partial charge in [-0.15, -0.1) is 0 Å². The van der Waals surface area contributed by atoms with Gasteiger partial charge in [0.1, 0.15) is 0 Å². The molecule has 3 N–H and O–H groups in total. The van der Waals surface area contributed by atoms with Crippen LogP contribution in [-0.2, 0) is 10.0 Å². The Morgan fingerprint density at radius 2 is 1.56 bits per heavy atom. The number of hydrogen-bond donors (Lipinski definition) is 2. The molecule has 3 aromatic rings. The van der Waals surface area contributed by atoms with Crippen LogP contribution in [0.25, 0.3) is 11.1 Å². The lowest BCUT2D eigenvalue weighted by Gasteiger charge is -2.25. The molecule has 0 saturated carbocycles. The summed E-state index contributed by atoms with van der Waals surface area (Å²) in [5.41, 5.74) is 10.5. The number of sulfonamides is 1. The highest BCUT2D eigenvalue weighted by molar-refractivity contribution is 7.89. The van der Waals surface area contributed by atoms with Gasteiger partial charge in [-0.2, -0.15) is 4.31 Å². The molecule has 1 heterocycles. The zero-order valence-corrected chi connectivity index (χ0v) is 18.9. The van der Waals surface area contributed by atoms with Crippen LogP contribution in [0.1, 0.15) is 35.2 Å². The Morgan fingerprint density at radius 3 is 2.22 bits per heavy atom. The zero-order chi connectivity index (χ0) is 22.7. The fourth-order valence-corrected chi connectivity index (χ4v) is 5.42. The van der Waals surface area contributed by atoms with Crippen molar-refractivity contribution in [1.29, 1.82) is 0 Å². The van der Waals surface area contributed by atoms with Crippen LogP contribution in [0.2, 0.25) is 0 Å². The number of carbonyl (C=O) groups is 1. The molecule has 0 aliphatic carbocycles. The highest BCUT2D eigenvalue weighted by atomic mass is 32.2. The molecule has 0 bridgehead atoms. The summed E-state index contributed by atoms with van der Waals surface area (Å²) in [4.78, 5) is 13.1. The molecule has 1 aliphatic heterocycles. The largest absolute Gasteiger partial charge is 0.399 e. The maximum Gasteiger partial charge on any atom is 0.255 e. The summed E-state index contributed by atoms with van der Waals surface area (Å²) in [5, 5.41) is 2.86. The average molecular weight is 450 g/mol. The van der Waals surface area contributed by atoms with Crippen molar-refractivity contribution in [3.8, 4) is 11.1 Å². The number of anilines is 2. The van der Waals surface area contributed by atoms with Gasteiger partial charge in [0.2, 0.25) is 10.0 Å². The minimum Gasteiger partial charge on any atom is -0.399 e. The third-order valence-electron chi connectivity index (χ3n) is 5.79. The van der Waals surface area contributed by atoms with Crippen molar-refractivity contribution in [3.05, 3.63) is 77.9 Å². The Kier molecular flexibility index (Phi) is 6.30. The lowest BCUT2D eigenvalue weighted by Crippen LogP contribution is -2.35. The molecule has 0 unspecified atom stereocenters. The average Bonchev–Trinajstić information content (AvgIpc) is 2.81. The van der Waals surface area contributed by atoms with Crippen LogP contribution in [-0.4, -0.2) is 31.7 Å². The normalized spacial score (nSPS) is 14.8.